The number of hydrogen-bond acceptors (Lipinski definition) is 6. The minimum atomic E-state index is -1.92. The van der Waals surface area contributed by atoms with Gasteiger partial charge in [0, 0.05) is 6.92 Å². The van der Waals surface area contributed by atoms with Crippen molar-refractivity contribution >= 4 is 17.7 Å². The summed E-state index contributed by atoms with van der Waals surface area (Å²) in [5, 5.41) is 26.9. The van der Waals surface area contributed by atoms with Crippen molar-refractivity contribution in [3.8, 4) is 0 Å². The maximum Gasteiger partial charge on any atom is 0.303 e. The quantitative estimate of drug-likeness (QED) is 0.490. The van der Waals surface area contributed by atoms with Crippen LogP contribution < -0.4 is 0 Å². The highest BCUT2D eigenvalue weighted by atomic mass is 32.2. The third-order valence-corrected chi connectivity index (χ3v) is 2.93. The molecule has 0 spiro atoms. The Kier molecular flexibility index (Phi) is 3.05. The molecular formula is C7H12O5S. The number of hydrogen-bond donors (Lipinski definition) is 3. The second-order valence-corrected chi connectivity index (χ2v) is 3.93. The molecule has 0 aromatic carbocycles. The number of rotatable bonds is 2. The molecule has 0 saturated carbocycles. The largest absolute Gasteiger partial charge is 0.449 e. The normalized spacial score (nSPS) is 45.8. The molecule has 0 aromatic rings. The van der Waals surface area contributed by atoms with E-state index in [1.165, 1.54) is 0 Å². The van der Waals surface area contributed by atoms with Gasteiger partial charge in [-0.2, -0.15) is 0 Å². The fourth-order valence-electron chi connectivity index (χ4n) is 1.00. The first-order chi connectivity index (χ1) is 6.40. The van der Waals surface area contributed by atoms with Gasteiger partial charge in [-0.05, 0) is 0 Å². The minimum absolute atomic E-state index is 0.384. The molecule has 0 aromatic heterocycles. The van der Waals surface area contributed by atoms with Crippen molar-refractivity contribution < 1.29 is 26.2 Å². The van der Waals surface area contributed by atoms with Crippen molar-refractivity contribution in [2.75, 3.05) is 6.61 Å². The lowest BCUT2D eigenvalue weighted by Gasteiger charge is -2.14. The van der Waals surface area contributed by atoms with Crippen molar-refractivity contribution in [1.82, 2.24) is 0 Å². The second-order valence-electron chi connectivity index (χ2n) is 2.69. The predicted molar refractivity (Wildman–Crippen MR) is 46.0 cm³/mol. The average molecular weight is 209 g/mol. The number of ether oxygens (including phenoxy) is 1. The Labute approximate surface area is 81.1 Å². The highest BCUT2D eigenvalue weighted by Gasteiger charge is 2.43. The van der Waals surface area contributed by atoms with E-state index in [-0.39, 0.29) is 6.61 Å². The molecule has 1 fully saturated rings. The van der Waals surface area contributed by atoms with E-state index in [1.807, 2.05) is 0 Å². The first-order valence-corrected chi connectivity index (χ1v) is 4.63. The van der Waals surface area contributed by atoms with E-state index in [2.05, 4.69) is 4.74 Å². The van der Waals surface area contributed by atoms with Gasteiger partial charge in [0.05, 0.1) is 19.3 Å². The standard InChI is InChI=1S/C7H12O5S/c1-3(9)12-7-6(11)5(10)4(2-8)13-7/h4-8,10-11H,2H2,1H3/t4-,5-,6+,7?/m1/s1/i7D. The Morgan fingerprint density at radius 3 is 2.62 bits per heavy atom. The fraction of sp³-hybridized carbons (Fsp3) is 0.857. The van der Waals surface area contributed by atoms with Crippen molar-refractivity contribution in [2.45, 2.75) is 29.8 Å². The predicted octanol–water partition coefficient (Wildman–Crippen LogP) is -1.29. The van der Waals surface area contributed by atoms with Gasteiger partial charge in [0.2, 0.25) is 0 Å². The molecular weight excluding hydrogens is 196 g/mol. The lowest BCUT2D eigenvalue weighted by Crippen LogP contribution is -2.35. The molecule has 5 nitrogen and oxygen atoms in total. The van der Waals surface area contributed by atoms with Crippen LogP contribution in [-0.4, -0.2) is 50.8 Å². The van der Waals surface area contributed by atoms with Crippen LogP contribution in [0, 0.1) is 0 Å². The van der Waals surface area contributed by atoms with E-state index in [0.29, 0.717) is 0 Å². The van der Waals surface area contributed by atoms with E-state index < -0.39 is 28.8 Å². The zero-order chi connectivity index (χ0) is 10.9. The minimum Gasteiger partial charge on any atom is -0.449 e. The summed E-state index contributed by atoms with van der Waals surface area (Å²) < 4.78 is 12.2. The Morgan fingerprint density at radius 2 is 2.23 bits per heavy atom. The molecule has 0 radical (unpaired) electrons. The fourth-order valence-corrected chi connectivity index (χ4v) is 2.11. The maximum absolute atomic E-state index is 10.6. The van der Waals surface area contributed by atoms with E-state index in [4.69, 9.17) is 6.48 Å². The summed E-state index contributed by atoms with van der Waals surface area (Å²) in [4.78, 5) is 10.6. The Balaban J connectivity index is 2.76. The van der Waals surface area contributed by atoms with Crippen LogP contribution in [0.3, 0.4) is 0 Å². The number of carbonyl (C=O) groups excluding carboxylic acids is 1. The highest BCUT2D eigenvalue weighted by Crippen LogP contribution is 2.34. The zero-order valence-corrected chi connectivity index (χ0v) is 7.82. The lowest BCUT2D eigenvalue weighted by molar-refractivity contribution is -0.147. The van der Waals surface area contributed by atoms with Gasteiger partial charge in [0.15, 0.2) is 5.41 Å². The second kappa shape index (κ2) is 4.28. The highest BCUT2D eigenvalue weighted by molar-refractivity contribution is 8.00. The first kappa shape index (κ1) is 9.26. The number of aliphatic hydroxyl groups is 3. The number of thioether (sulfide) groups is 1. The van der Waals surface area contributed by atoms with Gasteiger partial charge in [-0.3, -0.25) is 4.79 Å². The number of aliphatic hydroxyl groups excluding tert-OH is 3. The third kappa shape index (κ3) is 2.34. The molecule has 1 aliphatic heterocycles. The van der Waals surface area contributed by atoms with Crippen LogP contribution in [0.4, 0.5) is 0 Å². The van der Waals surface area contributed by atoms with Crippen molar-refractivity contribution in [1.29, 1.82) is 0 Å². The van der Waals surface area contributed by atoms with Gasteiger partial charge in [0.25, 0.3) is 0 Å². The molecule has 4 atom stereocenters. The molecule has 0 amide bonds. The van der Waals surface area contributed by atoms with E-state index in [9.17, 15) is 15.0 Å². The van der Waals surface area contributed by atoms with Crippen LogP contribution in [0.2, 0.25) is 0 Å². The average Bonchev–Trinajstić information content (AvgIpc) is 2.29. The Hall–Kier alpha value is -0.300. The summed E-state index contributed by atoms with van der Waals surface area (Å²) in [5.74, 6) is -0.711. The molecule has 1 rings (SSSR count). The first-order valence-electron chi connectivity index (χ1n) is 4.25. The van der Waals surface area contributed by atoms with Gasteiger partial charge in [0.1, 0.15) is 6.10 Å². The van der Waals surface area contributed by atoms with Crippen LogP contribution in [-0.2, 0) is 9.53 Å². The van der Waals surface area contributed by atoms with Gasteiger partial charge in [-0.1, -0.05) is 0 Å². The van der Waals surface area contributed by atoms with Gasteiger partial charge < -0.3 is 20.1 Å². The van der Waals surface area contributed by atoms with Crippen LogP contribution >= 0.6 is 11.8 Å². The molecule has 1 saturated heterocycles. The summed E-state index contributed by atoms with van der Waals surface area (Å²) in [7, 11) is 0. The zero-order valence-electron chi connectivity index (χ0n) is 8.01. The molecule has 13 heavy (non-hydrogen) atoms. The van der Waals surface area contributed by atoms with Crippen molar-refractivity contribution in [3.05, 3.63) is 0 Å². The smallest absolute Gasteiger partial charge is 0.303 e. The molecule has 0 bridgehead atoms. The molecule has 1 heterocycles. The van der Waals surface area contributed by atoms with E-state index in [0.717, 1.165) is 18.7 Å². The van der Waals surface area contributed by atoms with Crippen molar-refractivity contribution in [3.63, 3.8) is 0 Å². The summed E-state index contributed by atoms with van der Waals surface area (Å²) in [5.41, 5.74) is -1.92. The summed E-state index contributed by atoms with van der Waals surface area (Å²) in [6.07, 6.45) is -2.77. The van der Waals surface area contributed by atoms with Gasteiger partial charge in [-0.15, -0.1) is 11.8 Å². The van der Waals surface area contributed by atoms with Crippen LogP contribution in [0.1, 0.15) is 8.29 Å². The monoisotopic (exact) mass is 209 g/mol. The third-order valence-electron chi connectivity index (χ3n) is 1.64. The molecule has 6 heteroatoms. The van der Waals surface area contributed by atoms with Crippen molar-refractivity contribution in [2.24, 2.45) is 0 Å². The van der Waals surface area contributed by atoms with Gasteiger partial charge in [-0.25, -0.2) is 0 Å². The molecule has 0 aliphatic carbocycles. The summed E-state index contributed by atoms with van der Waals surface area (Å²) in [6.45, 7) is 0.729. The maximum atomic E-state index is 10.6. The Morgan fingerprint density at radius 1 is 1.62 bits per heavy atom. The Bertz CT molecular complexity index is 238. The SMILES string of the molecule is [2H]C1(OC(C)=O)S[C@H](CO)[C@@H](O)[C@@H]1O. The topological polar surface area (TPSA) is 87.0 Å². The van der Waals surface area contributed by atoms with E-state index >= 15 is 0 Å². The summed E-state index contributed by atoms with van der Waals surface area (Å²) >= 11 is 0.731. The van der Waals surface area contributed by atoms with Crippen LogP contribution in [0.25, 0.3) is 0 Å². The lowest BCUT2D eigenvalue weighted by atomic mass is 10.1. The molecule has 1 aliphatic rings. The molecule has 1 unspecified atom stereocenters. The van der Waals surface area contributed by atoms with Gasteiger partial charge >= 0.3 is 5.97 Å². The molecule has 3 N–H and O–H groups in total. The van der Waals surface area contributed by atoms with E-state index in [1.54, 1.807) is 0 Å². The van der Waals surface area contributed by atoms with Crippen LogP contribution in [0.5, 0.6) is 0 Å². The summed E-state index contributed by atoms with van der Waals surface area (Å²) in [6, 6.07) is 0. The number of carbonyl (C=O) groups is 1. The van der Waals surface area contributed by atoms with Crippen LogP contribution in [0.15, 0.2) is 0 Å². The molecule has 76 valence electrons. The number of esters is 1.